The molecule has 2 aliphatic heterocycles. The minimum atomic E-state index is -0.651. The van der Waals surface area contributed by atoms with Gasteiger partial charge < -0.3 is 19.7 Å². The van der Waals surface area contributed by atoms with Gasteiger partial charge >= 0.3 is 0 Å². The number of ether oxygens (including phenoxy) is 2. The smallest absolute Gasteiger partial charge is 0.245 e. The molecule has 10 heteroatoms. The molecule has 0 bridgehead atoms. The first-order chi connectivity index (χ1) is 17.8. The number of benzene rings is 1. The van der Waals surface area contributed by atoms with E-state index >= 15 is 0 Å². The highest BCUT2D eigenvalue weighted by Gasteiger charge is 2.34. The lowest BCUT2D eigenvalue weighted by Gasteiger charge is -2.37. The first-order valence-electron chi connectivity index (χ1n) is 13.4. The Hall–Kier alpha value is -2.85. The number of hydrogen-bond donors (Lipinski definition) is 2. The molecule has 3 aliphatic rings. The van der Waals surface area contributed by atoms with Gasteiger partial charge in [0.1, 0.15) is 6.04 Å². The van der Waals surface area contributed by atoms with Crippen molar-refractivity contribution in [2.24, 2.45) is 17.8 Å². The largest absolute Gasteiger partial charge is 0.454 e. The van der Waals surface area contributed by atoms with Crippen molar-refractivity contribution in [1.29, 1.82) is 0 Å². The van der Waals surface area contributed by atoms with Crippen molar-refractivity contribution < 1.29 is 29.1 Å². The third kappa shape index (κ3) is 7.13. The quantitative estimate of drug-likeness (QED) is 0.264. The normalized spacial score (nSPS) is 19.6. The number of piperazine rings is 1. The van der Waals surface area contributed by atoms with Crippen LogP contribution in [-0.2, 0) is 20.9 Å². The first kappa shape index (κ1) is 27.2. The highest BCUT2D eigenvalue weighted by molar-refractivity contribution is 5.89. The van der Waals surface area contributed by atoms with Gasteiger partial charge in [-0.1, -0.05) is 45.6 Å². The van der Waals surface area contributed by atoms with Crippen LogP contribution in [0.5, 0.6) is 11.5 Å². The Bertz CT molecular complexity index is 943. The summed E-state index contributed by atoms with van der Waals surface area (Å²) in [4.78, 5) is 41.9. The number of rotatable bonds is 11. The number of carbonyl (C=O) groups excluding carboxylic acids is 3. The lowest BCUT2D eigenvalue weighted by atomic mass is 9.91. The Morgan fingerprint density at radius 1 is 1.14 bits per heavy atom. The lowest BCUT2D eigenvalue weighted by molar-refractivity contribution is -0.155. The van der Waals surface area contributed by atoms with Crippen molar-refractivity contribution in [3.63, 3.8) is 0 Å². The van der Waals surface area contributed by atoms with Gasteiger partial charge in [0, 0.05) is 32.7 Å². The maximum atomic E-state index is 13.5. The Morgan fingerprint density at radius 2 is 1.84 bits per heavy atom. The first-order valence-corrected chi connectivity index (χ1v) is 13.4. The van der Waals surface area contributed by atoms with Crippen LogP contribution >= 0.6 is 0 Å². The molecule has 10 nitrogen and oxygen atoms in total. The molecule has 0 aromatic heterocycles. The van der Waals surface area contributed by atoms with Crippen molar-refractivity contribution in [1.82, 2.24) is 20.2 Å². The van der Waals surface area contributed by atoms with Crippen LogP contribution in [0, 0.1) is 17.8 Å². The highest BCUT2D eigenvalue weighted by atomic mass is 16.7. The van der Waals surface area contributed by atoms with E-state index in [1.54, 1.807) is 0 Å². The summed E-state index contributed by atoms with van der Waals surface area (Å²) in [5, 5.41) is 13.3. The summed E-state index contributed by atoms with van der Waals surface area (Å²) in [6.07, 6.45) is 5.32. The second-order valence-corrected chi connectivity index (χ2v) is 10.8. The molecule has 1 saturated heterocycles. The standard InChI is InChI=1S/C27H40N4O6/c1-19(2)25(28-26(33)22(16-31(35)17-32)13-20-5-3-4-6-20)27(34)30-11-9-29(10-12-30)15-21-7-8-23-24(14-21)37-18-36-23/h7-8,14,17,19-20,22,25,35H,3-6,9-13,15-16,18H2,1-2H3,(H,28,33). The zero-order valence-electron chi connectivity index (χ0n) is 21.9. The van der Waals surface area contributed by atoms with Crippen LogP contribution in [0.25, 0.3) is 0 Å². The molecule has 0 radical (unpaired) electrons. The molecule has 1 saturated carbocycles. The van der Waals surface area contributed by atoms with E-state index in [0.717, 1.165) is 62.4 Å². The molecule has 2 atom stereocenters. The van der Waals surface area contributed by atoms with E-state index in [0.29, 0.717) is 36.9 Å². The molecule has 204 valence electrons. The van der Waals surface area contributed by atoms with Gasteiger partial charge in [0.25, 0.3) is 0 Å². The van der Waals surface area contributed by atoms with E-state index in [9.17, 15) is 19.6 Å². The summed E-state index contributed by atoms with van der Waals surface area (Å²) in [5.74, 6) is 0.942. The monoisotopic (exact) mass is 516 g/mol. The molecule has 2 fully saturated rings. The number of hydrogen-bond acceptors (Lipinski definition) is 7. The second kappa shape index (κ2) is 12.6. The van der Waals surface area contributed by atoms with Crippen LogP contribution in [0.2, 0.25) is 0 Å². The van der Waals surface area contributed by atoms with Gasteiger partial charge in [-0.3, -0.25) is 24.5 Å². The van der Waals surface area contributed by atoms with Crippen molar-refractivity contribution >= 4 is 18.2 Å². The highest BCUT2D eigenvalue weighted by Crippen LogP contribution is 2.33. The van der Waals surface area contributed by atoms with Gasteiger partial charge in [-0.05, 0) is 36.0 Å². The van der Waals surface area contributed by atoms with Gasteiger partial charge in [-0.15, -0.1) is 0 Å². The van der Waals surface area contributed by atoms with Gasteiger partial charge in [0.2, 0.25) is 25.0 Å². The molecule has 2 heterocycles. The van der Waals surface area contributed by atoms with Gasteiger partial charge in [-0.2, -0.15) is 0 Å². The third-order valence-corrected chi connectivity index (χ3v) is 7.75. The topological polar surface area (TPSA) is 112 Å². The lowest BCUT2D eigenvalue weighted by Crippen LogP contribution is -2.57. The van der Waals surface area contributed by atoms with Crippen LogP contribution < -0.4 is 14.8 Å². The van der Waals surface area contributed by atoms with E-state index in [2.05, 4.69) is 10.2 Å². The predicted octanol–water partition coefficient (Wildman–Crippen LogP) is 2.24. The summed E-state index contributed by atoms with van der Waals surface area (Å²) in [5.41, 5.74) is 1.14. The number of carbonyl (C=O) groups is 3. The van der Waals surface area contributed by atoms with Crippen molar-refractivity contribution in [3.05, 3.63) is 23.8 Å². The fourth-order valence-electron chi connectivity index (χ4n) is 5.59. The number of fused-ring (bicyclic) bond motifs is 1. The Morgan fingerprint density at radius 3 is 2.51 bits per heavy atom. The molecule has 2 N–H and O–H groups in total. The van der Waals surface area contributed by atoms with Gasteiger partial charge in [0.05, 0.1) is 12.5 Å². The molecule has 2 unspecified atom stereocenters. The van der Waals surface area contributed by atoms with Crippen LogP contribution in [0.3, 0.4) is 0 Å². The molecule has 1 aliphatic carbocycles. The summed E-state index contributed by atoms with van der Waals surface area (Å²) in [6.45, 7) is 7.45. The maximum Gasteiger partial charge on any atom is 0.245 e. The second-order valence-electron chi connectivity index (χ2n) is 10.8. The molecular weight excluding hydrogens is 476 g/mol. The van der Waals surface area contributed by atoms with Crippen LogP contribution in [-0.4, -0.2) is 83.9 Å². The van der Waals surface area contributed by atoms with Gasteiger partial charge in [-0.25, -0.2) is 5.06 Å². The molecule has 4 rings (SSSR count). The van der Waals surface area contributed by atoms with Crippen LogP contribution in [0.15, 0.2) is 18.2 Å². The van der Waals surface area contributed by atoms with Crippen molar-refractivity contribution in [3.8, 4) is 11.5 Å². The Balaban J connectivity index is 1.32. The number of hydroxylamine groups is 2. The molecule has 0 spiro atoms. The Labute approximate surface area is 218 Å². The fourth-order valence-corrected chi connectivity index (χ4v) is 5.59. The average Bonchev–Trinajstić information content (AvgIpc) is 3.58. The summed E-state index contributed by atoms with van der Waals surface area (Å²) < 4.78 is 10.9. The minimum absolute atomic E-state index is 0.0661. The maximum absolute atomic E-state index is 13.5. The molecule has 1 aromatic carbocycles. The number of nitrogens with zero attached hydrogens (tertiary/aromatic N) is 3. The fraction of sp³-hybridized carbons (Fsp3) is 0.667. The number of amides is 3. The zero-order chi connectivity index (χ0) is 26.4. The SMILES string of the molecule is CC(C)C(NC(=O)C(CC1CCCC1)CN(O)C=O)C(=O)N1CCN(Cc2ccc3c(c2)OCO3)CC1. The summed E-state index contributed by atoms with van der Waals surface area (Å²) in [7, 11) is 0. The average molecular weight is 517 g/mol. The van der Waals surface area contributed by atoms with Crippen LogP contribution in [0.4, 0.5) is 0 Å². The summed E-state index contributed by atoms with van der Waals surface area (Å²) >= 11 is 0. The minimum Gasteiger partial charge on any atom is -0.454 e. The predicted molar refractivity (Wildman–Crippen MR) is 136 cm³/mol. The third-order valence-electron chi connectivity index (χ3n) is 7.75. The molecule has 3 amide bonds. The van der Waals surface area contributed by atoms with E-state index in [1.165, 1.54) is 0 Å². The van der Waals surface area contributed by atoms with E-state index in [4.69, 9.17) is 9.47 Å². The molecule has 37 heavy (non-hydrogen) atoms. The van der Waals surface area contributed by atoms with Gasteiger partial charge in [0.15, 0.2) is 11.5 Å². The Kier molecular flexibility index (Phi) is 9.26. The zero-order valence-corrected chi connectivity index (χ0v) is 21.9. The van der Waals surface area contributed by atoms with E-state index in [1.807, 2.05) is 36.9 Å². The van der Waals surface area contributed by atoms with Crippen molar-refractivity contribution in [2.75, 3.05) is 39.5 Å². The molecular formula is C27H40N4O6. The molecule has 1 aromatic rings. The summed E-state index contributed by atoms with van der Waals surface area (Å²) in [6, 6.07) is 5.32. The van der Waals surface area contributed by atoms with Crippen LogP contribution in [0.1, 0.15) is 51.5 Å². The van der Waals surface area contributed by atoms with Crippen molar-refractivity contribution in [2.45, 2.75) is 58.5 Å². The van der Waals surface area contributed by atoms with E-state index < -0.39 is 12.0 Å². The van der Waals surface area contributed by atoms with E-state index in [-0.39, 0.29) is 31.1 Å². The number of nitrogens with one attached hydrogen (secondary N) is 1.